The van der Waals surface area contributed by atoms with Gasteiger partial charge >= 0.3 is 5.97 Å². The van der Waals surface area contributed by atoms with E-state index in [1.165, 1.54) is 12.8 Å². The van der Waals surface area contributed by atoms with Crippen molar-refractivity contribution in [1.82, 2.24) is 10.2 Å². The average Bonchev–Trinajstić information content (AvgIpc) is 2.22. The normalized spacial score (nSPS) is 22.1. The molecule has 0 amide bonds. The topological polar surface area (TPSA) is 52.6 Å². The van der Waals surface area contributed by atoms with E-state index in [2.05, 4.69) is 24.1 Å². The molecule has 0 saturated carbocycles. The third-order valence-corrected chi connectivity index (χ3v) is 3.55. The van der Waals surface area contributed by atoms with Crippen LogP contribution in [0, 0.1) is 5.41 Å². The first-order chi connectivity index (χ1) is 8.30. The van der Waals surface area contributed by atoms with Gasteiger partial charge in [0.2, 0.25) is 0 Å². The van der Waals surface area contributed by atoms with Crippen LogP contribution in [0.2, 0.25) is 0 Å². The molecular formula is C14H28N2O2. The second kappa shape index (κ2) is 6.53. The third kappa shape index (κ3) is 5.36. The summed E-state index contributed by atoms with van der Waals surface area (Å²) >= 11 is 0. The van der Waals surface area contributed by atoms with Gasteiger partial charge in [-0.05, 0) is 31.2 Å². The van der Waals surface area contributed by atoms with Crippen molar-refractivity contribution in [2.24, 2.45) is 5.41 Å². The lowest BCUT2D eigenvalue weighted by Crippen LogP contribution is -2.45. The Hall–Kier alpha value is -0.610. The molecule has 1 fully saturated rings. The fourth-order valence-corrected chi connectivity index (χ4v) is 2.73. The van der Waals surface area contributed by atoms with Gasteiger partial charge in [-0.15, -0.1) is 0 Å². The van der Waals surface area contributed by atoms with Crippen molar-refractivity contribution in [3.63, 3.8) is 0 Å². The Labute approximate surface area is 111 Å². The van der Waals surface area contributed by atoms with Gasteiger partial charge in [-0.25, -0.2) is 0 Å². The number of aliphatic carboxylic acids is 1. The Bertz CT molecular complexity index is 277. The number of carboxylic acid groups (broad SMARTS) is 1. The number of rotatable bonds is 6. The Morgan fingerprint density at radius 1 is 1.44 bits per heavy atom. The molecule has 4 heteroatoms. The molecule has 4 nitrogen and oxygen atoms in total. The zero-order chi connectivity index (χ0) is 13.8. The van der Waals surface area contributed by atoms with Crippen molar-refractivity contribution in [3.8, 4) is 0 Å². The fourth-order valence-electron chi connectivity index (χ4n) is 2.73. The molecule has 0 aliphatic carbocycles. The van der Waals surface area contributed by atoms with E-state index in [1.54, 1.807) is 0 Å². The van der Waals surface area contributed by atoms with Gasteiger partial charge in [0, 0.05) is 19.1 Å². The van der Waals surface area contributed by atoms with Gasteiger partial charge in [-0.2, -0.15) is 0 Å². The summed E-state index contributed by atoms with van der Waals surface area (Å²) in [4.78, 5) is 13.6. The van der Waals surface area contributed by atoms with Crippen LogP contribution in [-0.4, -0.2) is 47.7 Å². The Balaban J connectivity index is 2.39. The molecule has 0 spiro atoms. The average molecular weight is 256 g/mol. The second-order valence-electron chi connectivity index (χ2n) is 6.54. The van der Waals surface area contributed by atoms with Crippen LogP contribution in [0.25, 0.3) is 0 Å². The van der Waals surface area contributed by atoms with E-state index in [9.17, 15) is 9.90 Å². The van der Waals surface area contributed by atoms with Crippen molar-refractivity contribution < 1.29 is 9.90 Å². The molecule has 106 valence electrons. The van der Waals surface area contributed by atoms with Gasteiger partial charge in [0.15, 0.2) is 0 Å². The van der Waals surface area contributed by atoms with Crippen LogP contribution in [-0.2, 0) is 4.79 Å². The lowest BCUT2D eigenvalue weighted by atomic mass is 9.84. The first kappa shape index (κ1) is 15.4. The summed E-state index contributed by atoms with van der Waals surface area (Å²) in [5.74, 6) is -0.736. The van der Waals surface area contributed by atoms with E-state index >= 15 is 0 Å². The van der Waals surface area contributed by atoms with Crippen LogP contribution in [0.15, 0.2) is 0 Å². The summed E-state index contributed by atoms with van der Waals surface area (Å²) in [6.45, 7) is 11.6. The van der Waals surface area contributed by atoms with Gasteiger partial charge in [0.1, 0.15) is 6.04 Å². The highest BCUT2D eigenvalue weighted by Gasteiger charge is 2.27. The number of hydrogen-bond acceptors (Lipinski definition) is 3. The highest BCUT2D eigenvalue weighted by molar-refractivity contribution is 5.73. The highest BCUT2D eigenvalue weighted by Crippen LogP contribution is 2.28. The van der Waals surface area contributed by atoms with E-state index in [-0.39, 0.29) is 6.04 Å². The lowest BCUT2D eigenvalue weighted by molar-refractivity contribution is -0.140. The van der Waals surface area contributed by atoms with Crippen molar-refractivity contribution in [3.05, 3.63) is 0 Å². The zero-order valence-electron chi connectivity index (χ0n) is 12.2. The Morgan fingerprint density at radius 2 is 2.11 bits per heavy atom. The predicted molar refractivity (Wildman–Crippen MR) is 73.8 cm³/mol. The molecule has 1 unspecified atom stereocenters. The SMILES string of the molecule is CC(C)NC(CCN1CCCC(C)(C)C1)C(=O)O. The van der Waals surface area contributed by atoms with Gasteiger partial charge in [0.05, 0.1) is 0 Å². The summed E-state index contributed by atoms with van der Waals surface area (Å²) in [6.07, 6.45) is 3.18. The van der Waals surface area contributed by atoms with Crippen molar-refractivity contribution >= 4 is 5.97 Å². The van der Waals surface area contributed by atoms with Crippen LogP contribution in [0.1, 0.15) is 47.0 Å². The standard InChI is InChI=1S/C14H28N2O2/c1-11(2)15-12(13(17)18)6-9-16-8-5-7-14(3,4)10-16/h11-12,15H,5-10H2,1-4H3,(H,17,18). The van der Waals surface area contributed by atoms with E-state index in [0.29, 0.717) is 11.8 Å². The molecule has 2 N–H and O–H groups in total. The number of hydrogen-bond donors (Lipinski definition) is 2. The molecule has 18 heavy (non-hydrogen) atoms. The minimum atomic E-state index is -0.736. The van der Waals surface area contributed by atoms with Crippen molar-refractivity contribution in [2.45, 2.75) is 59.0 Å². The summed E-state index contributed by atoms with van der Waals surface area (Å²) in [5.41, 5.74) is 0.377. The minimum absolute atomic E-state index is 0.212. The fraction of sp³-hybridized carbons (Fsp3) is 0.929. The van der Waals surface area contributed by atoms with Crippen LogP contribution in [0.5, 0.6) is 0 Å². The van der Waals surface area contributed by atoms with E-state index in [0.717, 1.165) is 19.6 Å². The molecule has 1 atom stereocenters. The summed E-state index contributed by atoms with van der Waals surface area (Å²) in [6, 6.07) is -0.209. The largest absolute Gasteiger partial charge is 0.480 e. The van der Waals surface area contributed by atoms with Gasteiger partial charge < -0.3 is 15.3 Å². The summed E-state index contributed by atoms with van der Waals surface area (Å²) in [5, 5.41) is 12.3. The lowest BCUT2D eigenvalue weighted by Gasteiger charge is -2.38. The van der Waals surface area contributed by atoms with E-state index in [1.807, 2.05) is 13.8 Å². The maximum absolute atomic E-state index is 11.2. The monoisotopic (exact) mass is 256 g/mol. The number of likely N-dealkylation sites (tertiary alicyclic amines) is 1. The molecule has 1 rings (SSSR count). The first-order valence-electron chi connectivity index (χ1n) is 7.01. The van der Waals surface area contributed by atoms with Crippen molar-refractivity contribution in [2.75, 3.05) is 19.6 Å². The Morgan fingerprint density at radius 3 is 2.61 bits per heavy atom. The quantitative estimate of drug-likeness (QED) is 0.762. The van der Waals surface area contributed by atoms with Crippen LogP contribution in [0.4, 0.5) is 0 Å². The molecule has 0 bridgehead atoms. The molecule has 1 aliphatic rings. The van der Waals surface area contributed by atoms with Gasteiger partial charge in [-0.1, -0.05) is 27.7 Å². The summed E-state index contributed by atoms with van der Waals surface area (Å²) in [7, 11) is 0. The molecule has 0 aromatic carbocycles. The number of nitrogens with zero attached hydrogens (tertiary/aromatic N) is 1. The van der Waals surface area contributed by atoms with Gasteiger partial charge in [0.25, 0.3) is 0 Å². The van der Waals surface area contributed by atoms with Crippen LogP contribution >= 0.6 is 0 Å². The van der Waals surface area contributed by atoms with Crippen LogP contribution in [0.3, 0.4) is 0 Å². The molecule has 1 saturated heterocycles. The maximum Gasteiger partial charge on any atom is 0.320 e. The predicted octanol–water partition coefficient (Wildman–Crippen LogP) is 1.95. The van der Waals surface area contributed by atoms with Gasteiger partial charge in [-0.3, -0.25) is 4.79 Å². The van der Waals surface area contributed by atoms with Crippen molar-refractivity contribution in [1.29, 1.82) is 0 Å². The number of carboxylic acids is 1. The second-order valence-corrected chi connectivity index (χ2v) is 6.54. The molecule has 1 heterocycles. The molecule has 1 aliphatic heterocycles. The highest BCUT2D eigenvalue weighted by atomic mass is 16.4. The maximum atomic E-state index is 11.2. The number of piperidine rings is 1. The smallest absolute Gasteiger partial charge is 0.320 e. The third-order valence-electron chi connectivity index (χ3n) is 3.55. The van der Waals surface area contributed by atoms with E-state index < -0.39 is 12.0 Å². The minimum Gasteiger partial charge on any atom is -0.480 e. The summed E-state index contributed by atoms with van der Waals surface area (Å²) < 4.78 is 0. The zero-order valence-corrected chi connectivity index (χ0v) is 12.2. The molecule has 0 aromatic rings. The first-order valence-corrected chi connectivity index (χ1v) is 7.01. The molecule has 0 radical (unpaired) electrons. The molecule has 0 aromatic heterocycles. The Kier molecular flexibility index (Phi) is 5.60. The number of nitrogens with one attached hydrogen (secondary N) is 1. The van der Waals surface area contributed by atoms with E-state index in [4.69, 9.17) is 0 Å². The van der Waals surface area contributed by atoms with Crippen LogP contribution < -0.4 is 5.32 Å². The number of carbonyl (C=O) groups is 1. The molecular weight excluding hydrogens is 228 g/mol.